The molecule has 0 aromatic heterocycles. The zero-order valence-corrected chi connectivity index (χ0v) is 11.8. The predicted molar refractivity (Wildman–Crippen MR) is 73.7 cm³/mol. The van der Waals surface area contributed by atoms with Crippen molar-refractivity contribution in [2.45, 2.75) is 57.9 Å². The van der Waals surface area contributed by atoms with Gasteiger partial charge in [-0.1, -0.05) is 19.3 Å². The third kappa shape index (κ3) is 6.24. The van der Waals surface area contributed by atoms with Gasteiger partial charge in [-0.2, -0.15) is 0 Å². The van der Waals surface area contributed by atoms with Crippen LogP contribution in [0.2, 0.25) is 0 Å². The summed E-state index contributed by atoms with van der Waals surface area (Å²) in [4.78, 5) is 11.7. The Bertz CT molecular complexity index is 228. The van der Waals surface area contributed by atoms with E-state index in [1.54, 1.807) is 7.11 Å². The summed E-state index contributed by atoms with van der Waals surface area (Å²) in [6.45, 7) is 3.62. The average Bonchev–Trinajstić information content (AvgIpc) is 2.39. The van der Waals surface area contributed by atoms with Gasteiger partial charge in [0, 0.05) is 26.3 Å². The molecule has 2 N–H and O–H groups in total. The lowest BCUT2D eigenvalue weighted by atomic mass is 9.85. The van der Waals surface area contributed by atoms with Crippen LogP contribution < -0.4 is 10.6 Å². The summed E-state index contributed by atoms with van der Waals surface area (Å²) in [6, 6.07) is 0.273. The second-order valence-electron chi connectivity index (χ2n) is 5.29. The summed E-state index contributed by atoms with van der Waals surface area (Å²) in [5, 5.41) is 5.97. The highest BCUT2D eigenvalue weighted by Gasteiger charge is 2.20. The number of unbranched alkanes of at least 4 members (excludes halogenated alkanes) is 1. The van der Waals surface area contributed by atoms with E-state index in [0.29, 0.717) is 12.0 Å². The van der Waals surface area contributed by atoms with Crippen molar-refractivity contribution in [1.29, 1.82) is 0 Å². The molecule has 18 heavy (non-hydrogen) atoms. The van der Waals surface area contributed by atoms with Gasteiger partial charge in [0.25, 0.3) is 0 Å². The maximum atomic E-state index is 11.7. The number of rotatable bonds is 7. The summed E-state index contributed by atoms with van der Waals surface area (Å²) in [7, 11) is 1.70. The monoisotopic (exact) mass is 256 g/mol. The topological polar surface area (TPSA) is 50.4 Å². The van der Waals surface area contributed by atoms with Crippen molar-refractivity contribution in [3.63, 3.8) is 0 Å². The van der Waals surface area contributed by atoms with Crippen LogP contribution in [0.4, 0.5) is 4.79 Å². The number of hydrogen-bond acceptors (Lipinski definition) is 2. The molecule has 1 aliphatic carbocycles. The highest BCUT2D eigenvalue weighted by Crippen LogP contribution is 2.26. The fourth-order valence-corrected chi connectivity index (χ4v) is 2.58. The van der Waals surface area contributed by atoms with E-state index in [1.165, 1.54) is 32.1 Å². The van der Waals surface area contributed by atoms with Gasteiger partial charge in [-0.05, 0) is 38.5 Å². The van der Waals surface area contributed by atoms with E-state index < -0.39 is 0 Å². The Morgan fingerprint density at radius 1 is 1.28 bits per heavy atom. The van der Waals surface area contributed by atoms with Gasteiger partial charge < -0.3 is 15.4 Å². The summed E-state index contributed by atoms with van der Waals surface area (Å²) < 4.78 is 4.96. The summed E-state index contributed by atoms with van der Waals surface area (Å²) in [5.41, 5.74) is 0. The number of hydrogen-bond donors (Lipinski definition) is 2. The Morgan fingerprint density at radius 2 is 2.00 bits per heavy atom. The summed E-state index contributed by atoms with van der Waals surface area (Å²) in [5.74, 6) is 0.665. The molecule has 1 saturated carbocycles. The van der Waals surface area contributed by atoms with Crippen molar-refractivity contribution in [2.24, 2.45) is 5.92 Å². The van der Waals surface area contributed by atoms with Gasteiger partial charge in [-0.15, -0.1) is 0 Å². The van der Waals surface area contributed by atoms with Crippen LogP contribution in [0.25, 0.3) is 0 Å². The second-order valence-corrected chi connectivity index (χ2v) is 5.29. The van der Waals surface area contributed by atoms with Crippen LogP contribution in [0.3, 0.4) is 0 Å². The molecule has 0 bridgehead atoms. The number of ether oxygens (including phenoxy) is 1. The van der Waals surface area contributed by atoms with Crippen LogP contribution in [0.5, 0.6) is 0 Å². The number of carbonyl (C=O) groups excluding carboxylic acids is 1. The van der Waals surface area contributed by atoms with E-state index >= 15 is 0 Å². The second kappa shape index (κ2) is 9.20. The molecule has 0 saturated heterocycles. The first-order valence-electron chi connectivity index (χ1n) is 7.27. The third-order valence-corrected chi connectivity index (χ3v) is 3.78. The van der Waals surface area contributed by atoms with E-state index in [-0.39, 0.29) is 6.03 Å². The van der Waals surface area contributed by atoms with Crippen LogP contribution in [-0.2, 0) is 4.74 Å². The lowest BCUT2D eigenvalue weighted by molar-refractivity contribution is 0.192. The van der Waals surface area contributed by atoms with Crippen molar-refractivity contribution < 1.29 is 9.53 Å². The first-order valence-corrected chi connectivity index (χ1v) is 7.27. The third-order valence-electron chi connectivity index (χ3n) is 3.78. The molecule has 0 aromatic rings. The van der Waals surface area contributed by atoms with Crippen molar-refractivity contribution in [3.05, 3.63) is 0 Å². The van der Waals surface area contributed by atoms with E-state index in [9.17, 15) is 4.79 Å². The molecule has 1 fully saturated rings. The molecule has 106 valence electrons. The SMILES string of the molecule is COCCCCNC(=O)N[C@H](C)C1CCCCC1. The van der Waals surface area contributed by atoms with Gasteiger partial charge >= 0.3 is 6.03 Å². The number of urea groups is 1. The molecule has 0 radical (unpaired) electrons. The molecule has 0 aromatic carbocycles. The summed E-state index contributed by atoms with van der Waals surface area (Å²) >= 11 is 0. The molecule has 0 heterocycles. The molecule has 4 nitrogen and oxygen atoms in total. The van der Waals surface area contributed by atoms with Crippen molar-refractivity contribution in [1.82, 2.24) is 10.6 Å². The minimum absolute atomic E-state index is 0.0227. The highest BCUT2D eigenvalue weighted by molar-refractivity contribution is 5.74. The first-order chi connectivity index (χ1) is 8.74. The van der Waals surface area contributed by atoms with Gasteiger partial charge in [0.2, 0.25) is 0 Å². The molecular weight excluding hydrogens is 228 g/mol. The number of amides is 2. The highest BCUT2D eigenvalue weighted by atomic mass is 16.5. The van der Waals surface area contributed by atoms with Gasteiger partial charge in [0.1, 0.15) is 0 Å². The van der Waals surface area contributed by atoms with Gasteiger partial charge in [-0.25, -0.2) is 4.79 Å². The smallest absolute Gasteiger partial charge is 0.315 e. The van der Waals surface area contributed by atoms with Crippen LogP contribution in [-0.4, -0.2) is 32.3 Å². The Kier molecular flexibility index (Phi) is 7.81. The van der Waals surface area contributed by atoms with Crippen molar-refractivity contribution in [2.75, 3.05) is 20.3 Å². The van der Waals surface area contributed by atoms with E-state index in [2.05, 4.69) is 17.6 Å². The molecule has 0 spiro atoms. The molecular formula is C14H28N2O2. The zero-order valence-electron chi connectivity index (χ0n) is 11.8. The van der Waals surface area contributed by atoms with Crippen LogP contribution >= 0.6 is 0 Å². The van der Waals surface area contributed by atoms with Gasteiger partial charge in [0.05, 0.1) is 0 Å². The minimum Gasteiger partial charge on any atom is -0.385 e. The Balaban J connectivity index is 2.07. The molecule has 4 heteroatoms. The van der Waals surface area contributed by atoms with Crippen LogP contribution in [0.1, 0.15) is 51.9 Å². The maximum Gasteiger partial charge on any atom is 0.315 e. The Labute approximate surface area is 111 Å². The maximum absolute atomic E-state index is 11.7. The largest absolute Gasteiger partial charge is 0.385 e. The lowest BCUT2D eigenvalue weighted by Crippen LogP contribution is -2.44. The lowest BCUT2D eigenvalue weighted by Gasteiger charge is -2.28. The van der Waals surface area contributed by atoms with E-state index in [4.69, 9.17) is 4.74 Å². The van der Waals surface area contributed by atoms with Gasteiger partial charge in [0.15, 0.2) is 0 Å². The standard InChI is InChI=1S/C14H28N2O2/c1-12(13-8-4-3-5-9-13)16-14(17)15-10-6-7-11-18-2/h12-13H,3-11H2,1-2H3,(H2,15,16,17)/t12-/m1/s1. The van der Waals surface area contributed by atoms with Crippen molar-refractivity contribution in [3.8, 4) is 0 Å². The number of nitrogens with one attached hydrogen (secondary N) is 2. The van der Waals surface area contributed by atoms with Crippen LogP contribution in [0.15, 0.2) is 0 Å². The predicted octanol–water partition coefficient (Wildman–Crippen LogP) is 2.68. The zero-order chi connectivity index (χ0) is 13.2. The molecule has 0 unspecified atom stereocenters. The molecule has 1 atom stereocenters. The van der Waals surface area contributed by atoms with E-state index in [0.717, 1.165) is 26.0 Å². The van der Waals surface area contributed by atoms with Crippen LogP contribution in [0, 0.1) is 5.92 Å². The fourth-order valence-electron chi connectivity index (χ4n) is 2.58. The molecule has 1 aliphatic rings. The van der Waals surface area contributed by atoms with E-state index in [1.807, 2.05) is 0 Å². The normalized spacial score (nSPS) is 18.3. The first kappa shape index (κ1) is 15.3. The van der Waals surface area contributed by atoms with Gasteiger partial charge in [-0.3, -0.25) is 0 Å². The Hall–Kier alpha value is -0.770. The number of carbonyl (C=O) groups is 1. The molecule has 0 aliphatic heterocycles. The minimum atomic E-state index is -0.0227. The average molecular weight is 256 g/mol. The number of methoxy groups -OCH3 is 1. The molecule has 1 rings (SSSR count). The summed E-state index contributed by atoms with van der Waals surface area (Å²) in [6.07, 6.45) is 8.47. The fraction of sp³-hybridized carbons (Fsp3) is 0.929. The quantitative estimate of drug-likeness (QED) is 0.688. The Morgan fingerprint density at radius 3 is 2.67 bits per heavy atom. The van der Waals surface area contributed by atoms with Crippen molar-refractivity contribution >= 4 is 6.03 Å². The molecule has 2 amide bonds.